The number of carbonyl (C=O) groups excluding carboxylic acids is 4. The molecule has 0 saturated carbocycles. The van der Waals surface area contributed by atoms with Crippen molar-refractivity contribution in [2.24, 2.45) is 0 Å². The van der Waals surface area contributed by atoms with Gasteiger partial charge >= 0.3 is 18.2 Å². The fourth-order valence-corrected chi connectivity index (χ4v) is 6.14. The summed E-state index contributed by atoms with van der Waals surface area (Å²) < 4.78 is 24.7. The smallest absolute Gasteiger partial charge is 0.412 e. The molecule has 0 bridgehead atoms. The maximum Gasteiger partial charge on any atom is 0.412 e. The van der Waals surface area contributed by atoms with Gasteiger partial charge in [0.05, 0.1) is 17.5 Å². The molecule has 15 heteroatoms. The molecule has 1 saturated heterocycles. The van der Waals surface area contributed by atoms with Crippen LogP contribution in [0.25, 0.3) is 10.8 Å². The van der Waals surface area contributed by atoms with Crippen molar-refractivity contribution < 1.29 is 33.0 Å². The first-order valence-electron chi connectivity index (χ1n) is 15.9. The van der Waals surface area contributed by atoms with Gasteiger partial charge in [0.25, 0.3) is 0 Å². The molecule has 0 radical (unpaired) electrons. The van der Waals surface area contributed by atoms with Gasteiger partial charge in [-0.15, -0.1) is 11.8 Å². The average Bonchev–Trinajstić information content (AvgIpc) is 3.06. The molecule has 1 aliphatic rings. The van der Waals surface area contributed by atoms with E-state index in [1.165, 1.54) is 28.8 Å². The first-order chi connectivity index (χ1) is 23.3. The Labute approximate surface area is 294 Å². The fraction of sp³-hybridized carbons (Fsp3) is 0.441. The summed E-state index contributed by atoms with van der Waals surface area (Å²) in [6.45, 7) is 6.88. The Hall–Kier alpha value is -4.30. The van der Waals surface area contributed by atoms with Crippen LogP contribution in [-0.4, -0.2) is 100 Å². The van der Waals surface area contributed by atoms with Crippen LogP contribution in [0.2, 0.25) is 5.02 Å². The summed E-state index contributed by atoms with van der Waals surface area (Å²) in [7, 11) is 1.60. The summed E-state index contributed by atoms with van der Waals surface area (Å²) in [6.07, 6.45) is 1.03. The van der Waals surface area contributed by atoms with E-state index in [-0.39, 0.29) is 41.6 Å². The number of piperazine rings is 1. The number of thioether (sulfide) groups is 1. The van der Waals surface area contributed by atoms with Gasteiger partial charge in [0.15, 0.2) is 0 Å². The van der Waals surface area contributed by atoms with Crippen molar-refractivity contribution in [1.82, 2.24) is 25.0 Å². The molecule has 3 aromatic rings. The number of amides is 5. The Morgan fingerprint density at radius 3 is 2.45 bits per heavy atom. The summed E-state index contributed by atoms with van der Waals surface area (Å²) in [5.41, 5.74) is -0.170. The quantitative estimate of drug-likeness (QED) is 0.220. The maximum atomic E-state index is 13.8. The molecule has 2 heterocycles. The van der Waals surface area contributed by atoms with Crippen LogP contribution in [0.4, 0.5) is 24.6 Å². The van der Waals surface area contributed by atoms with Gasteiger partial charge in [-0.1, -0.05) is 48.0 Å². The highest BCUT2D eigenvalue weighted by Crippen LogP contribution is 2.23. The second-order valence-electron chi connectivity index (χ2n) is 12.5. The lowest BCUT2D eigenvalue weighted by Crippen LogP contribution is -2.52. The molecule has 0 aliphatic carbocycles. The largest absolute Gasteiger partial charge is 0.449 e. The first kappa shape index (κ1) is 37.5. The summed E-state index contributed by atoms with van der Waals surface area (Å²) >= 11 is 7.38. The van der Waals surface area contributed by atoms with Crippen molar-refractivity contribution in [2.75, 3.05) is 51.0 Å². The van der Waals surface area contributed by atoms with Crippen molar-refractivity contribution in [3.05, 3.63) is 71.1 Å². The third-order valence-corrected chi connectivity index (χ3v) is 9.37. The van der Waals surface area contributed by atoms with Crippen molar-refractivity contribution in [3.63, 3.8) is 0 Å². The first-order valence-corrected chi connectivity index (χ1v) is 17.3. The van der Waals surface area contributed by atoms with E-state index < -0.39 is 29.6 Å². The van der Waals surface area contributed by atoms with Gasteiger partial charge in [0.1, 0.15) is 17.2 Å². The average molecular weight is 717 g/mol. The summed E-state index contributed by atoms with van der Waals surface area (Å²) in [5, 5.41) is 6.86. The number of ether oxygens (including phenoxy) is 2. The molecule has 0 spiro atoms. The van der Waals surface area contributed by atoms with E-state index >= 15 is 0 Å². The van der Waals surface area contributed by atoms with Crippen LogP contribution in [-0.2, 0) is 20.8 Å². The van der Waals surface area contributed by atoms with Crippen LogP contribution in [0, 0.1) is 5.82 Å². The van der Waals surface area contributed by atoms with Gasteiger partial charge in [0.2, 0.25) is 5.91 Å². The van der Waals surface area contributed by atoms with E-state index in [1.807, 2.05) is 24.3 Å². The van der Waals surface area contributed by atoms with E-state index in [0.29, 0.717) is 44.0 Å². The van der Waals surface area contributed by atoms with Crippen LogP contribution < -0.4 is 10.6 Å². The van der Waals surface area contributed by atoms with E-state index in [2.05, 4.69) is 15.6 Å². The Balaban J connectivity index is 1.31. The minimum absolute atomic E-state index is 0.0186. The Morgan fingerprint density at radius 2 is 1.73 bits per heavy atom. The summed E-state index contributed by atoms with van der Waals surface area (Å²) in [4.78, 5) is 60.2. The highest BCUT2D eigenvalue weighted by Gasteiger charge is 2.29. The number of benzene rings is 2. The standard InChI is InChI=1S/C34H42ClFN6O6S/c1-34(2,3)48-33(46)42-15-13-41(14-16-42)29(43)19-26(49-22-40(4)31(44)38-21-25-10-7-11-27(36)30(25)35)12-17-47-32(45)39-28-18-23-8-5-6-9-24(23)20-37-28/h5-11,18,20,26H,12-17,19,21-22H2,1-4H3,(H,38,44)(H,37,39,45). The summed E-state index contributed by atoms with van der Waals surface area (Å²) in [5.74, 6) is -0.109. The van der Waals surface area contributed by atoms with E-state index in [4.69, 9.17) is 21.1 Å². The number of aromatic nitrogens is 1. The van der Waals surface area contributed by atoms with Crippen molar-refractivity contribution in [2.45, 2.75) is 51.0 Å². The van der Waals surface area contributed by atoms with Gasteiger partial charge in [-0.2, -0.15) is 0 Å². The van der Waals surface area contributed by atoms with Crippen molar-refractivity contribution >= 4 is 64.1 Å². The predicted molar refractivity (Wildman–Crippen MR) is 188 cm³/mol. The van der Waals surface area contributed by atoms with E-state index in [1.54, 1.807) is 55.9 Å². The highest BCUT2D eigenvalue weighted by atomic mass is 35.5. The third kappa shape index (κ3) is 11.7. The van der Waals surface area contributed by atoms with Crippen LogP contribution >= 0.6 is 23.4 Å². The second-order valence-corrected chi connectivity index (χ2v) is 14.1. The van der Waals surface area contributed by atoms with Crippen LogP contribution in [0.3, 0.4) is 0 Å². The number of rotatable bonds is 11. The van der Waals surface area contributed by atoms with Crippen LogP contribution in [0.15, 0.2) is 54.7 Å². The van der Waals surface area contributed by atoms with Gasteiger partial charge < -0.3 is 29.5 Å². The lowest BCUT2D eigenvalue weighted by molar-refractivity contribution is -0.133. The number of carbonyl (C=O) groups is 4. The van der Waals surface area contributed by atoms with Crippen molar-refractivity contribution in [3.8, 4) is 0 Å². The van der Waals surface area contributed by atoms with E-state index in [9.17, 15) is 23.6 Å². The normalized spacial score (nSPS) is 13.8. The molecule has 1 unspecified atom stereocenters. The zero-order valence-corrected chi connectivity index (χ0v) is 29.6. The molecule has 2 N–H and O–H groups in total. The summed E-state index contributed by atoms with van der Waals surface area (Å²) in [6, 6.07) is 13.4. The number of halogens is 2. The zero-order valence-electron chi connectivity index (χ0n) is 28.0. The monoisotopic (exact) mass is 716 g/mol. The molecule has 1 fully saturated rings. The predicted octanol–water partition coefficient (Wildman–Crippen LogP) is 6.34. The lowest BCUT2D eigenvalue weighted by Gasteiger charge is -2.36. The molecule has 1 aromatic heterocycles. The molecule has 1 atom stereocenters. The molecule has 4 rings (SSSR count). The third-order valence-electron chi connectivity index (χ3n) is 7.53. The number of hydrogen-bond donors (Lipinski definition) is 2. The molecule has 12 nitrogen and oxygen atoms in total. The van der Waals surface area contributed by atoms with E-state index in [0.717, 1.165) is 10.8 Å². The minimum atomic E-state index is -0.677. The zero-order chi connectivity index (χ0) is 35.6. The lowest BCUT2D eigenvalue weighted by atomic mass is 10.2. The van der Waals surface area contributed by atoms with Crippen LogP contribution in [0.1, 0.15) is 39.2 Å². The fourth-order valence-electron chi connectivity index (χ4n) is 4.88. The number of nitrogens with one attached hydrogen (secondary N) is 2. The van der Waals surface area contributed by atoms with Gasteiger partial charge in [0, 0.05) is 63.0 Å². The molecule has 1 aliphatic heterocycles. The number of anilines is 1. The van der Waals surface area contributed by atoms with Crippen molar-refractivity contribution in [1.29, 1.82) is 0 Å². The van der Waals surface area contributed by atoms with Gasteiger partial charge in [-0.05, 0) is 50.3 Å². The maximum absolute atomic E-state index is 13.8. The molecule has 49 heavy (non-hydrogen) atoms. The molecule has 264 valence electrons. The number of hydrogen-bond acceptors (Lipinski definition) is 8. The van der Waals surface area contributed by atoms with Gasteiger partial charge in [-0.25, -0.2) is 23.8 Å². The Kier molecular flexibility index (Phi) is 13.3. The number of urea groups is 1. The Morgan fingerprint density at radius 1 is 1.04 bits per heavy atom. The van der Waals surface area contributed by atoms with Gasteiger partial charge in [-0.3, -0.25) is 10.1 Å². The minimum Gasteiger partial charge on any atom is -0.449 e. The van der Waals surface area contributed by atoms with Crippen LogP contribution in [0.5, 0.6) is 0 Å². The Bertz CT molecular complexity index is 1630. The number of pyridine rings is 1. The molecule has 5 amide bonds. The molecular formula is C34H42ClFN6O6S. The molecular weight excluding hydrogens is 675 g/mol. The topological polar surface area (TPSA) is 133 Å². The molecule has 2 aromatic carbocycles. The second kappa shape index (κ2) is 17.4. The number of fused-ring (bicyclic) bond motifs is 1. The SMILES string of the molecule is CN(CSC(CCOC(=O)Nc1cc2ccccc2cn1)CC(=O)N1CCN(C(=O)OC(C)(C)C)CC1)C(=O)NCc1cccc(F)c1Cl. The number of nitrogens with zero attached hydrogens (tertiary/aromatic N) is 4. The highest BCUT2D eigenvalue weighted by molar-refractivity contribution is 7.99.